The molecule has 9 heteroatoms. The van der Waals surface area contributed by atoms with E-state index in [0.717, 1.165) is 34.7 Å². The first-order valence-electron chi connectivity index (χ1n) is 9.64. The summed E-state index contributed by atoms with van der Waals surface area (Å²) in [4.78, 5) is 12.4. The maximum Gasteiger partial charge on any atom is 0.240 e. The van der Waals surface area contributed by atoms with Gasteiger partial charge in [-0.25, -0.2) is 8.42 Å². The van der Waals surface area contributed by atoms with Gasteiger partial charge in [0.05, 0.1) is 19.1 Å². The third-order valence-electron chi connectivity index (χ3n) is 4.60. The molecule has 3 rings (SSSR count). The summed E-state index contributed by atoms with van der Waals surface area (Å²) in [5, 5.41) is 2.78. The summed E-state index contributed by atoms with van der Waals surface area (Å²) in [6, 6.07) is 12.6. The van der Waals surface area contributed by atoms with Crippen molar-refractivity contribution in [1.82, 2.24) is 5.32 Å². The fourth-order valence-electron chi connectivity index (χ4n) is 3.12. The van der Waals surface area contributed by atoms with E-state index >= 15 is 0 Å². The van der Waals surface area contributed by atoms with E-state index in [1.807, 2.05) is 24.3 Å². The van der Waals surface area contributed by atoms with E-state index in [9.17, 15) is 13.2 Å². The molecule has 0 radical (unpaired) electrons. The summed E-state index contributed by atoms with van der Waals surface area (Å²) < 4.78 is 41.8. The number of methoxy groups -OCH3 is 1. The van der Waals surface area contributed by atoms with Crippen LogP contribution in [0.2, 0.25) is 0 Å². The second-order valence-electron chi connectivity index (χ2n) is 6.90. The van der Waals surface area contributed by atoms with Crippen LogP contribution in [0.4, 0.5) is 5.69 Å². The second-order valence-corrected chi connectivity index (χ2v) is 8.81. The van der Waals surface area contributed by atoms with E-state index in [0.29, 0.717) is 36.9 Å². The normalized spacial score (nSPS) is 12.9. The topological polar surface area (TPSA) is 94.2 Å². The summed E-state index contributed by atoms with van der Waals surface area (Å²) in [5.41, 5.74) is 1.46. The van der Waals surface area contributed by atoms with E-state index in [2.05, 4.69) is 5.32 Å². The molecule has 0 aromatic heterocycles. The number of amides is 1. The molecule has 8 nitrogen and oxygen atoms in total. The number of hydrogen-bond donors (Lipinski definition) is 1. The number of sulfonamides is 1. The lowest BCUT2D eigenvalue weighted by molar-refractivity contribution is -0.119. The van der Waals surface area contributed by atoms with Gasteiger partial charge in [0.15, 0.2) is 11.5 Å². The highest BCUT2D eigenvalue weighted by Gasteiger charge is 2.23. The van der Waals surface area contributed by atoms with Gasteiger partial charge in [0, 0.05) is 12.6 Å². The Labute approximate surface area is 176 Å². The monoisotopic (exact) mass is 434 g/mol. The third-order valence-corrected chi connectivity index (χ3v) is 5.74. The molecule has 0 saturated carbocycles. The van der Waals surface area contributed by atoms with Gasteiger partial charge >= 0.3 is 0 Å². The second kappa shape index (κ2) is 9.71. The minimum Gasteiger partial charge on any atom is -0.497 e. The summed E-state index contributed by atoms with van der Waals surface area (Å²) >= 11 is 0. The number of aryl methyl sites for hydroxylation is 1. The number of nitrogens with one attached hydrogen (secondary N) is 1. The van der Waals surface area contributed by atoms with Crippen LogP contribution in [0, 0.1) is 0 Å². The Hall–Kier alpha value is -2.94. The van der Waals surface area contributed by atoms with Crippen LogP contribution in [-0.2, 0) is 21.2 Å². The first kappa shape index (κ1) is 21.8. The summed E-state index contributed by atoms with van der Waals surface area (Å²) in [7, 11) is -2.04. The Morgan fingerprint density at radius 1 is 1.13 bits per heavy atom. The number of carbonyl (C=O) groups excluding carboxylic acids is 1. The van der Waals surface area contributed by atoms with Crippen LogP contribution < -0.4 is 23.8 Å². The van der Waals surface area contributed by atoms with Crippen molar-refractivity contribution in [2.75, 3.05) is 44.0 Å². The van der Waals surface area contributed by atoms with E-state index in [-0.39, 0.29) is 12.5 Å². The van der Waals surface area contributed by atoms with Gasteiger partial charge in [-0.3, -0.25) is 9.10 Å². The fraction of sp³-hybridized carbons (Fsp3) is 0.381. The van der Waals surface area contributed by atoms with Crippen LogP contribution in [0.25, 0.3) is 0 Å². The number of benzene rings is 2. The first-order chi connectivity index (χ1) is 14.4. The molecule has 0 fully saturated rings. The molecule has 2 aromatic rings. The molecule has 162 valence electrons. The number of fused-ring (bicyclic) bond motifs is 1. The van der Waals surface area contributed by atoms with Gasteiger partial charge in [0.1, 0.15) is 25.5 Å². The Morgan fingerprint density at radius 2 is 1.90 bits per heavy atom. The molecule has 1 heterocycles. The molecule has 0 aliphatic carbocycles. The molecule has 1 N–H and O–H groups in total. The van der Waals surface area contributed by atoms with Crippen molar-refractivity contribution in [3.63, 3.8) is 0 Å². The van der Waals surface area contributed by atoms with Crippen LogP contribution >= 0.6 is 0 Å². The zero-order valence-corrected chi connectivity index (χ0v) is 17.9. The maximum atomic E-state index is 12.4. The number of anilines is 1. The van der Waals surface area contributed by atoms with Crippen LogP contribution in [0.3, 0.4) is 0 Å². The van der Waals surface area contributed by atoms with Crippen LogP contribution in [0.1, 0.15) is 12.0 Å². The highest BCUT2D eigenvalue weighted by atomic mass is 32.2. The minimum absolute atomic E-state index is 0.308. The van der Waals surface area contributed by atoms with Gasteiger partial charge in [-0.05, 0) is 42.7 Å². The number of nitrogens with zero attached hydrogens (tertiary/aromatic N) is 1. The van der Waals surface area contributed by atoms with Crippen molar-refractivity contribution in [1.29, 1.82) is 0 Å². The number of hydrogen-bond acceptors (Lipinski definition) is 6. The maximum absolute atomic E-state index is 12.4. The molecule has 0 atom stereocenters. The van der Waals surface area contributed by atoms with Gasteiger partial charge in [-0.2, -0.15) is 0 Å². The standard InChI is InChI=1S/C21H26N2O6S/c1-27-18-7-3-5-16(13-18)6-4-10-22-21(24)15-23(30(2,25)26)17-8-9-19-20(14-17)29-12-11-28-19/h3,5,7-9,13-14H,4,6,10-12,15H2,1-2H3,(H,22,24). The third kappa shape index (κ3) is 5.79. The lowest BCUT2D eigenvalue weighted by Gasteiger charge is -2.24. The molecule has 1 aliphatic heterocycles. The molecule has 0 saturated heterocycles. The smallest absolute Gasteiger partial charge is 0.240 e. The molecule has 0 spiro atoms. The fourth-order valence-corrected chi connectivity index (χ4v) is 3.97. The molecule has 0 unspecified atom stereocenters. The summed E-state index contributed by atoms with van der Waals surface area (Å²) in [5.74, 6) is 1.44. The average molecular weight is 435 g/mol. The van der Waals surface area contributed by atoms with Crippen LogP contribution in [0.5, 0.6) is 17.2 Å². The quantitative estimate of drug-likeness (QED) is 0.607. The van der Waals surface area contributed by atoms with Gasteiger partial charge in [0.2, 0.25) is 15.9 Å². The van der Waals surface area contributed by atoms with Gasteiger partial charge in [-0.15, -0.1) is 0 Å². The predicted molar refractivity (Wildman–Crippen MR) is 114 cm³/mol. The molecule has 2 aromatic carbocycles. The van der Waals surface area contributed by atoms with Crippen LogP contribution in [0.15, 0.2) is 42.5 Å². The molecular weight excluding hydrogens is 408 g/mol. The number of rotatable bonds is 9. The number of ether oxygens (including phenoxy) is 3. The largest absolute Gasteiger partial charge is 0.497 e. The predicted octanol–water partition coefficient (Wildman–Crippen LogP) is 1.98. The molecule has 1 aliphatic rings. The average Bonchev–Trinajstić information content (AvgIpc) is 2.74. The highest BCUT2D eigenvalue weighted by molar-refractivity contribution is 7.92. The zero-order chi connectivity index (χ0) is 21.6. The zero-order valence-electron chi connectivity index (χ0n) is 17.1. The van der Waals surface area contributed by atoms with E-state index in [1.165, 1.54) is 0 Å². The SMILES string of the molecule is COc1cccc(CCCNC(=O)CN(c2ccc3c(c2)OCCO3)S(C)(=O)=O)c1. The summed E-state index contributed by atoms with van der Waals surface area (Å²) in [6.45, 7) is 0.968. The van der Waals surface area contributed by atoms with Crippen molar-refractivity contribution in [2.24, 2.45) is 0 Å². The van der Waals surface area contributed by atoms with Gasteiger partial charge in [0.25, 0.3) is 0 Å². The first-order valence-corrected chi connectivity index (χ1v) is 11.5. The number of carbonyl (C=O) groups is 1. The van der Waals surface area contributed by atoms with E-state index in [1.54, 1.807) is 25.3 Å². The molecule has 1 amide bonds. The van der Waals surface area contributed by atoms with Crippen molar-refractivity contribution in [3.8, 4) is 17.2 Å². The molecular formula is C21H26N2O6S. The molecule has 0 bridgehead atoms. The molecule has 30 heavy (non-hydrogen) atoms. The van der Waals surface area contributed by atoms with E-state index < -0.39 is 10.0 Å². The van der Waals surface area contributed by atoms with Crippen molar-refractivity contribution < 1.29 is 27.4 Å². The lowest BCUT2D eigenvalue weighted by Crippen LogP contribution is -2.40. The Kier molecular flexibility index (Phi) is 7.04. The Morgan fingerprint density at radius 3 is 2.63 bits per heavy atom. The minimum atomic E-state index is -3.66. The highest BCUT2D eigenvalue weighted by Crippen LogP contribution is 2.34. The van der Waals surface area contributed by atoms with Crippen LogP contribution in [-0.4, -0.2) is 54.0 Å². The Bertz CT molecular complexity index is 993. The van der Waals surface area contributed by atoms with Gasteiger partial charge < -0.3 is 19.5 Å². The van der Waals surface area contributed by atoms with Crippen molar-refractivity contribution >= 4 is 21.6 Å². The Balaban J connectivity index is 1.57. The van der Waals surface area contributed by atoms with E-state index in [4.69, 9.17) is 14.2 Å². The lowest BCUT2D eigenvalue weighted by atomic mass is 10.1. The van der Waals surface area contributed by atoms with Gasteiger partial charge in [-0.1, -0.05) is 12.1 Å². The van der Waals surface area contributed by atoms with Crippen molar-refractivity contribution in [2.45, 2.75) is 12.8 Å². The van der Waals surface area contributed by atoms with Crippen molar-refractivity contribution in [3.05, 3.63) is 48.0 Å². The summed E-state index contributed by atoms with van der Waals surface area (Å²) in [6.07, 6.45) is 2.57.